The Morgan fingerprint density at radius 3 is 2.76 bits per heavy atom. The van der Waals surface area contributed by atoms with E-state index in [4.69, 9.17) is 14.2 Å². The Morgan fingerprint density at radius 1 is 1.20 bits per heavy atom. The maximum atomic E-state index is 5.47. The lowest BCUT2D eigenvalue weighted by Crippen LogP contribution is -2.52. The third-order valence-electron chi connectivity index (χ3n) is 4.41. The molecule has 2 aliphatic rings. The van der Waals surface area contributed by atoms with Crippen molar-refractivity contribution in [2.24, 2.45) is 4.99 Å². The summed E-state index contributed by atoms with van der Waals surface area (Å²) in [6.45, 7) is 9.56. The Labute approximate surface area is 149 Å². The van der Waals surface area contributed by atoms with Crippen molar-refractivity contribution in [1.82, 2.24) is 15.1 Å². The first-order valence-electron chi connectivity index (χ1n) is 8.93. The number of nitrogens with one attached hydrogen (secondary N) is 1. The summed E-state index contributed by atoms with van der Waals surface area (Å²) in [7, 11) is 1.71. The number of ether oxygens (including phenoxy) is 3. The molecule has 0 saturated carbocycles. The van der Waals surface area contributed by atoms with Crippen molar-refractivity contribution in [1.29, 1.82) is 0 Å². The first kappa shape index (κ1) is 17.8. The second-order valence-electron chi connectivity index (χ2n) is 6.18. The lowest BCUT2D eigenvalue weighted by Gasteiger charge is -2.36. The highest BCUT2D eigenvalue weighted by Gasteiger charge is 2.20. The number of hydrogen-bond donors (Lipinski definition) is 1. The van der Waals surface area contributed by atoms with Gasteiger partial charge in [0.15, 0.2) is 17.5 Å². The molecule has 0 atom stereocenters. The minimum atomic E-state index is 0.326. The van der Waals surface area contributed by atoms with E-state index < -0.39 is 0 Å². The van der Waals surface area contributed by atoms with Crippen molar-refractivity contribution in [3.8, 4) is 11.5 Å². The second-order valence-corrected chi connectivity index (χ2v) is 6.18. The minimum absolute atomic E-state index is 0.326. The van der Waals surface area contributed by atoms with Gasteiger partial charge in [-0.2, -0.15) is 0 Å². The first-order valence-corrected chi connectivity index (χ1v) is 8.93. The zero-order valence-corrected chi connectivity index (χ0v) is 15.2. The van der Waals surface area contributed by atoms with Crippen molar-refractivity contribution in [3.63, 3.8) is 0 Å². The van der Waals surface area contributed by atoms with E-state index in [0.717, 1.165) is 56.7 Å². The van der Waals surface area contributed by atoms with Gasteiger partial charge in [0.2, 0.25) is 6.79 Å². The molecular weight excluding hydrogens is 320 g/mol. The van der Waals surface area contributed by atoms with Crippen LogP contribution in [0.15, 0.2) is 23.2 Å². The number of hydrogen-bond acceptors (Lipinski definition) is 5. The number of nitrogens with zero attached hydrogens (tertiary/aromatic N) is 3. The average Bonchev–Trinajstić information content (AvgIpc) is 3.10. The van der Waals surface area contributed by atoms with E-state index in [0.29, 0.717) is 19.9 Å². The third kappa shape index (κ3) is 4.76. The van der Waals surface area contributed by atoms with Crippen LogP contribution in [0.3, 0.4) is 0 Å². The van der Waals surface area contributed by atoms with Gasteiger partial charge in [0.05, 0.1) is 13.2 Å². The predicted molar refractivity (Wildman–Crippen MR) is 97.3 cm³/mol. The molecule has 2 heterocycles. The molecule has 138 valence electrons. The van der Waals surface area contributed by atoms with Gasteiger partial charge in [-0.25, -0.2) is 0 Å². The Balaban J connectivity index is 1.51. The van der Waals surface area contributed by atoms with E-state index in [1.807, 2.05) is 6.07 Å². The molecule has 0 unspecified atom stereocenters. The monoisotopic (exact) mass is 348 g/mol. The molecule has 1 fully saturated rings. The van der Waals surface area contributed by atoms with Crippen molar-refractivity contribution < 1.29 is 14.2 Å². The SMILES string of the molecule is CCNC(=NCCOC)N1CCN(Cc2ccc3c(c2)OCO3)CC1. The van der Waals surface area contributed by atoms with Crippen LogP contribution in [0.5, 0.6) is 11.5 Å². The summed E-state index contributed by atoms with van der Waals surface area (Å²) in [5.41, 5.74) is 1.26. The highest BCUT2D eigenvalue weighted by Crippen LogP contribution is 2.32. The summed E-state index contributed by atoms with van der Waals surface area (Å²) in [5, 5.41) is 3.38. The summed E-state index contributed by atoms with van der Waals surface area (Å²) in [4.78, 5) is 9.43. The van der Waals surface area contributed by atoms with Crippen molar-refractivity contribution in [2.75, 3.05) is 59.8 Å². The first-order chi connectivity index (χ1) is 12.3. The van der Waals surface area contributed by atoms with Gasteiger partial charge in [-0.1, -0.05) is 6.07 Å². The fraction of sp³-hybridized carbons (Fsp3) is 0.611. The van der Waals surface area contributed by atoms with Crippen LogP contribution in [-0.4, -0.2) is 75.5 Å². The van der Waals surface area contributed by atoms with Gasteiger partial charge in [-0.05, 0) is 24.6 Å². The molecule has 0 aromatic heterocycles. The lowest BCUT2D eigenvalue weighted by molar-refractivity contribution is 0.170. The minimum Gasteiger partial charge on any atom is -0.454 e. The third-order valence-corrected chi connectivity index (χ3v) is 4.41. The fourth-order valence-electron chi connectivity index (χ4n) is 3.08. The van der Waals surface area contributed by atoms with Crippen LogP contribution in [-0.2, 0) is 11.3 Å². The Bertz CT molecular complexity index is 586. The number of guanidine groups is 1. The van der Waals surface area contributed by atoms with Gasteiger partial charge in [0.1, 0.15) is 0 Å². The molecule has 0 bridgehead atoms. The van der Waals surface area contributed by atoms with E-state index in [1.54, 1.807) is 7.11 Å². The maximum Gasteiger partial charge on any atom is 0.231 e. The van der Waals surface area contributed by atoms with Gasteiger partial charge >= 0.3 is 0 Å². The van der Waals surface area contributed by atoms with Gasteiger partial charge < -0.3 is 24.4 Å². The molecule has 3 rings (SSSR count). The number of rotatable bonds is 6. The van der Waals surface area contributed by atoms with Gasteiger partial charge in [-0.3, -0.25) is 9.89 Å². The second kappa shape index (κ2) is 8.92. The fourth-order valence-corrected chi connectivity index (χ4v) is 3.08. The predicted octanol–water partition coefficient (Wildman–Crippen LogP) is 1.14. The smallest absolute Gasteiger partial charge is 0.231 e. The van der Waals surface area contributed by atoms with Crippen molar-refractivity contribution in [3.05, 3.63) is 23.8 Å². The molecule has 0 spiro atoms. The quantitative estimate of drug-likeness (QED) is 0.473. The molecule has 25 heavy (non-hydrogen) atoms. The molecule has 0 radical (unpaired) electrons. The zero-order valence-electron chi connectivity index (χ0n) is 15.2. The zero-order chi connectivity index (χ0) is 17.5. The molecule has 1 N–H and O–H groups in total. The number of benzene rings is 1. The molecule has 0 amide bonds. The van der Waals surface area contributed by atoms with Crippen LogP contribution in [0.1, 0.15) is 12.5 Å². The summed E-state index contributed by atoms with van der Waals surface area (Å²) in [6.07, 6.45) is 0. The Kier molecular flexibility index (Phi) is 6.36. The number of fused-ring (bicyclic) bond motifs is 1. The molecular formula is C18H28N4O3. The van der Waals surface area contributed by atoms with E-state index >= 15 is 0 Å². The van der Waals surface area contributed by atoms with Crippen LogP contribution in [0.4, 0.5) is 0 Å². The highest BCUT2D eigenvalue weighted by molar-refractivity contribution is 5.80. The summed E-state index contributed by atoms with van der Waals surface area (Å²) in [5.74, 6) is 2.69. The van der Waals surface area contributed by atoms with Crippen molar-refractivity contribution >= 4 is 5.96 Å². The maximum absolute atomic E-state index is 5.47. The standard InChI is InChI=1S/C18H28N4O3/c1-3-19-18(20-6-11-23-2)22-9-7-21(8-10-22)13-15-4-5-16-17(12-15)25-14-24-16/h4-5,12H,3,6-11,13-14H2,1-2H3,(H,19,20). The van der Waals surface area contributed by atoms with Crippen LogP contribution in [0, 0.1) is 0 Å². The van der Waals surface area contributed by atoms with Gasteiger partial charge in [-0.15, -0.1) is 0 Å². The molecule has 7 nitrogen and oxygen atoms in total. The summed E-state index contributed by atoms with van der Waals surface area (Å²) >= 11 is 0. The van der Waals surface area contributed by atoms with E-state index in [9.17, 15) is 0 Å². The summed E-state index contributed by atoms with van der Waals surface area (Å²) in [6, 6.07) is 6.21. The molecule has 1 saturated heterocycles. The number of piperazine rings is 1. The largest absolute Gasteiger partial charge is 0.454 e. The molecule has 1 aromatic carbocycles. The molecule has 7 heteroatoms. The summed E-state index contributed by atoms with van der Waals surface area (Å²) < 4.78 is 15.9. The Morgan fingerprint density at radius 2 is 2.00 bits per heavy atom. The van der Waals surface area contributed by atoms with Gasteiger partial charge in [0, 0.05) is 46.4 Å². The van der Waals surface area contributed by atoms with E-state index in [1.165, 1.54) is 5.56 Å². The highest BCUT2D eigenvalue weighted by atomic mass is 16.7. The van der Waals surface area contributed by atoms with Crippen LogP contribution in [0.2, 0.25) is 0 Å². The topological polar surface area (TPSA) is 58.6 Å². The van der Waals surface area contributed by atoms with Crippen LogP contribution >= 0.6 is 0 Å². The Hall–Kier alpha value is -1.99. The lowest BCUT2D eigenvalue weighted by atomic mass is 10.1. The number of aliphatic imine (C=N–C) groups is 1. The van der Waals surface area contributed by atoms with Crippen LogP contribution < -0.4 is 14.8 Å². The van der Waals surface area contributed by atoms with E-state index in [2.05, 4.69) is 39.2 Å². The van der Waals surface area contributed by atoms with Gasteiger partial charge in [0.25, 0.3) is 0 Å². The van der Waals surface area contributed by atoms with Crippen LogP contribution in [0.25, 0.3) is 0 Å². The average molecular weight is 348 g/mol. The normalized spacial score (nSPS) is 17.8. The van der Waals surface area contributed by atoms with E-state index in [-0.39, 0.29) is 0 Å². The van der Waals surface area contributed by atoms with Crippen molar-refractivity contribution in [2.45, 2.75) is 13.5 Å². The number of methoxy groups -OCH3 is 1. The molecule has 2 aliphatic heterocycles. The molecule has 1 aromatic rings. The molecule has 0 aliphatic carbocycles.